The molecule has 1 aliphatic rings. The molecule has 1 aliphatic carbocycles. The largest absolute Gasteiger partial charge is 0.0683 e. The van der Waals surface area contributed by atoms with Crippen molar-refractivity contribution in [3.05, 3.63) is 71.3 Å². The van der Waals surface area contributed by atoms with Crippen LogP contribution in [0.4, 0.5) is 0 Å². The number of fused-ring (bicyclic) bond motifs is 5. The van der Waals surface area contributed by atoms with Crippen LogP contribution in [0.15, 0.2) is 54.6 Å². The summed E-state index contributed by atoms with van der Waals surface area (Å²) in [7, 11) is 0. The van der Waals surface area contributed by atoms with Crippen molar-refractivity contribution in [3.8, 4) is 11.1 Å². The van der Waals surface area contributed by atoms with Crippen molar-refractivity contribution in [2.75, 3.05) is 0 Å². The number of rotatable bonds is 17. The summed E-state index contributed by atoms with van der Waals surface area (Å²) in [5, 5.41) is 2.95. The van der Waals surface area contributed by atoms with Gasteiger partial charge in [0.2, 0.25) is 0 Å². The number of unbranched alkanes of at least 4 members (excludes halogenated alkanes) is 11. The van der Waals surface area contributed by atoms with Gasteiger partial charge in [-0.25, -0.2) is 0 Å². The highest BCUT2D eigenvalue weighted by molar-refractivity contribution is 6.04. The normalized spacial score (nSPS) is 13.4. The monoisotopic (exact) mass is 585 g/mol. The van der Waals surface area contributed by atoms with Crippen LogP contribution >= 0.6 is 0 Å². The molecular weight excluding hydrogens is 516 g/mol. The Bertz CT molecular complexity index is 1130. The summed E-state index contributed by atoms with van der Waals surface area (Å²) in [4.78, 5) is 0. The van der Waals surface area contributed by atoms with Crippen LogP contribution in [0.3, 0.4) is 0 Å². The average Bonchev–Trinajstić information content (AvgIpc) is 3.34. The Kier molecular flexibility index (Phi) is 17.9. The summed E-state index contributed by atoms with van der Waals surface area (Å²) >= 11 is 0. The molecule has 43 heavy (non-hydrogen) atoms. The maximum absolute atomic E-state index is 2.68. The Balaban J connectivity index is 0.000000993. The molecule has 0 nitrogen and oxygen atoms in total. The predicted molar refractivity (Wildman–Crippen MR) is 197 cm³/mol. The molecule has 240 valence electrons. The summed E-state index contributed by atoms with van der Waals surface area (Å²) in [6.07, 6.45) is 22.9. The summed E-state index contributed by atoms with van der Waals surface area (Å²) in [5.41, 5.74) is 8.09. The van der Waals surface area contributed by atoms with Crippen LogP contribution in [-0.4, -0.2) is 0 Å². The van der Waals surface area contributed by atoms with E-state index in [1.807, 2.05) is 13.8 Å². The highest BCUT2D eigenvalue weighted by Gasteiger charge is 2.43. The first kappa shape index (κ1) is 37.1. The molecule has 3 aromatic carbocycles. The standard InChI is InChI=1S/C37H52.C4H10.C2H6/c1-5-8-10-12-14-20-26-37(27-21-15-13-11-9-6-2)34-25-19-18-24-32(34)36-31-23-17-16-22-30(31)33(28-35(36)37)29(4)7-3;1-3-4-2;1-2/h16-19,22-25,28-29H,5-15,20-21,26-27H2,1-4H3;3-4H2,1-2H3;1-2H3. The Labute approximate surface area is 268 Å². The van der Waals surface area contributed by atoms with Crippen LogP contribution in [0.1, 0.15) is 187 Å². The zero-order valence-corrected chi connectivity index (χ0v) is 29.8. The van der Waals surface area contributed by atoms with E-state index in [-0.39, 0.29) is 5.41 Å². The molecular formula is C43H68. The van der Waals surface area contributed by atoms with E-state index in [1.54, 1.807) is 22.3 Å². The van der Waals surface area contributed by atoms with Gasteiger partial charge >= 0.3 is 0 Å². The summed E-state index contributed by atoms with van der Waals surface area (Å²) in [6, 6.07) is 21.4. The zero-order chi connectivity index (χ0) is 31.5. The van der Waals surface area contributed by atoms with Gasteiger partial charge in [-0.1, -0.05) is 200 Å². The van der Waals surface area contributed by atoms with E-state index < -0.39 is 0 Å². The van der Waals surface area contributed by atoms with E-state index in [1.165, 1.54) is 125 Å². The Morgan fingerprint density at radius 1 is 0.535 bits per heavy atom. The van der Waals surface area contributed by atoms with Crippen molar-refractivity contribution < 1.29 is 0 Å². The Morgan fingerprint density at radius 2 is 1.02 bits per heavy atom. The highest BCUT2D eigenvalue weighted by Crippen LogP contribution is 2.57. The molecule has 0 radical (unpaired) electrons. The highest BCUT2D eigenvalue weighted by atomic mass is 14.5. The first-order valence-corrected chi connectivity index (χ1v) is 18.7. The molecule has 0 heterocycles. The molecule has 0 saturated carbocycles. The molecule has 1 unspecified atom stereocenters. The van der Waals surface area contributed by atoms with Crippen molar-refractivity contribution in [3.63, 3.8) is 0 Å². The summed E-state index contributed by atoms with van der Waals surface area (Å²) in [5.74, 6) is 0.583. The smallest absolute Gasteiger partial charge is 0.0215 e. The molecule has 4 rings (SSSR count). The lowest BCUT2D eigenvalue weighted by Gasteiger charge is -2.34. The van der Waals surface area contributed by atoms with E-state index in [0.717, 1.165) is 0 Å². The molecule has 1 atom stereocenters. The van der Waals surface area contributed by atoms with Crippen molar-refractivity contribution >= 4 is 10.8 Å². The van der Waals surface area contributed by atoms with Gasteiger partial charge in [-0.3, -0.25) is 0 Å². The first-order valence-electron chi connectivity index (χ1n) is 18.7. The maximum Gasteiger partial charge on any atom is 0.0215 e. The van der Waals surface area contributed by atoms with Crippen LogP contribution in [-0.2, 0) is 5.41 Å². The third-order valence-corrected chi connectivity index (χ3v) is 9.86. The van der Waals surface area contributed by atoms with Crippen LogP contribution in [0.25, 0.3) is 21.9 Å². The molecule has 0 aliphatic heterocycles. The molecule has 0 aromatic heterocycles. The number of hydrogen-bond acceptors (Lipinski definition) is 0. The fourth-order valence-corrected chi connectivity index (χ4v) is 7.04. The average molecular weight is 585 g/mol. The van der Waals surface area contributed by atoms with Gasteiger partial charge in [-0.15, -0.1) is 0 Å². The minimum Gasteiger partial charge on any atom is -0.0683 e. The number of hydrogen-bond donors (Lipinski definition) is 0. The van der Waals surface area contributed by atoms with Gasteiger partial charge in [0.15, 0.2) is 0 Å². The van der Waals surface area contributed by atoms with E-state index in [4.69, 9.17) is 0 Å². The predicted octanol–water partition coefficient (Wildman–Crippen LogP) is 15.0. The molecule has 3 aromatic rings. The first-order chi connectivity index (χ1) is 21.1. The van der Waals surface area contributed by atoms with Gasteiger partial charge in [0, 0.05) is 5.41 Å². The van der Waals surface area contributed by atoms with Crippen molar-refractivity contribution in [1.82, 2.24) is 0 Å². The lowest BCUT2D eigenvalue weighted by molar-refractivity contribution is 0.397. The van der Waals surface area contributed by atoms with Crippen LogP contribution in [0.2, 0.25) is 0 Å². The van der Waals surface area contributed by atoms with Gasteiger partial charge in [-0.05, 0) is 63.8 Å². The third kappa shape index (κ3) is 9.70. The Morgan fingerprint density at radius 3 is 1.56 bits per heavy atom. The van der Waals surface area contributed by atoms with E-state index in [0.29, 0.717) is 5.92 Å². The van der Waals surface area contributed by atoms with E-state index >= 15 is 0 Å². The second kappa shape index (κ2) is 20.8. The molecule has 0 fully saturated rings. The lowest BCUT2D eigenvalue weighted by atomic mass is 9.69. The van der Waals surface area contributed by atoms with Gasteiger partial charge in [0.1, 0.15) is 0 Å². The van der Waals surface area contributed by atoms with Gasteiger partial charge in [0.25, 0.3) is 0 Å². The van der Waals surface area contributed by atoms with Crippen LogP contribution < -0.4 is 0 Å². The fraction of sp³-hybridized carbons (Fsp3) is 0.628. The molecule has 0 amide bonds. The van der Waals surface area contributed by atoms with Crippen molar-refractivity contribution in [1.29, 1.82) is 0 Å². The van der Waals surface area contributed by atoms with E-state index in [2.05, 4.69) is 96.1 Å². The van der Waals surface area contributed by atoms with E-state index in [9.17, 15) is 0 Å². The van der Waals surface area contributed by atoms with Crippen LogP contribution in [0, 0.1) is 0 Å². The summed E-state index contributed by atoms with van der Waals surface area (Å²) in [6.45, 7) is 17.8. The molecule has 0 bridgehead atoms. The Hall–Kier alpha value is -2.08. The lowest BCUT2D eigenvalue weighted by Crippen LogP contribution is -2.26. The third-order valence-electron chi connectivity index (χ3n) is 9.86. The van der Waals surface area contributed by atoms with Gasteiger partial charge in [0.05, 0.1) is 0 Å². The minimum atomic E-state index is 0.174. The molecule has 0 N–H and O–H groups in total. The summed E-state index contributed by atoms with van der Waals surface area (Å²) < 4.78 is 0. The van der Waals surface area contributed by atoms with Gasteiger partial charge < -0.3 is 0 Å². The van der Waals surface area contributed by atoms with Crippen molar-refractivity contribution in [2.45, 2.75) is 176 Å². The number of benzene rings is 3. The second-order valence-corrected chi connectivity index (χ2v) is 12.9. The van der Waals surface area contributed by atoms with Crippen molar-refractivity contribution in [2.24, 2.45) is 0 Å². The zero-order valence-electron chi connectivity index (χ0n) is 29.8. The van der Waals surface area contributed by atoms with Crippen LogP contribution in [0.5, 0.6) is 0 Å². The maximum atomic E-state index is 2.68. The molecule has 0 spiro atoms. The minimum absolute atomic E-state index is 0.174. The SMILES string of the molecule is CC.CCCC.CCCCCCCCC1(CCCCCCCC)c2ccccc2-c2c1cc(C(C)CC)c1ccccc21. The second-order valence-electron chi connectivity index (χ2n) is 12.9. The molecule has 0 heteroatoms. The topological polar surface area (TPSA) is 0 Å². The molecule has 0 saturated heterocycles. The van der Waals surface area contributed by atoms with Gasteiger partial charge in [-0.2, -0.15) is 0 Å². The fourth-order valence-electron chi connectivity index (χ4n) is 7.04. The quantitative estimate of drug-likeness (QED) is 0.138.